The monoisotopic (exact) mass is 278 g/mol. The van der Waals surface area contributed by atoms with Gasteiger partial charge in [-0.15, -0.1) is 0 Å². The van der Waals surface area contributed by atoms with Gasteiger partial charge in [0.15, 0.2) is 0 Å². The van der Waals surface area contributed by atoms with Gasteiger partial charge in [0.2, 0.25) is 0 Å². The summed E-state index contributed by atoms with van der Waals surface area (Å²) in [6.07, 6.45) is 3.00. The van der Waals surface area contributed by atoms with Crippen LogP contribution in [0.15, 0.2) is 18.3 Å². The summed E-state index contributed by atoms with van der Waals surface area (Å²) in [5.74, 6) is 0. The predicted octanol–water partition coefficient (Wildman–Crippen LogP) is 3.92. The molecule has 0 saturated carbocycles. The van der Waals surface area contributed by atoms with E-state index in [1.165, 1.54) is 5.56 Å². The molecule has 1 heterocycles. The van der Waals surface area contributed by atoms with Crippen LogP contribution in [0, 0.1) is 5.41 Å². The summed E-state index contributed by atoms with van der Waals surface area (Å²) in [7, 11) is 0. The number of nitrogens with zero attached hydrogens (tertiary/aromatic N) is 1. The van der Waals surface area contributed by atoms with Crippen molar-refractivity contribution < 1.29 is 4.74 Å². The molecule has 1 aromatic rings. The number of aromatic nitrogens is 1. The molecule has 114 valence electrons. The van der Waals surface area contributed by atoms with Gasteiger partial charge in [-0.3, -0.25) is 4.98 Å². The first-order valence-electron chi connectivity index (χ1n) is 7.42. The highest BCUT2D eigenvalue weighted by Crippen LogP contribution is 2.18. The number of pyridine rings is 1. The SMILES string of the molecule is CC(C)(C)CCOCc1ccc(CNC(C)(C)C)cn1. The average molecular weight is 278 g/mol. The molecule has 3 nitrogen and oxygen atoms in total. The number of hydrogen-bond acceptors (Lipinski definition) is 3. The van der Waals surface area contributed by atoms with Crippen LogP contribution >= 0.6 is 0 Å². The van der Waals surface area contributed by atoms with E-state index in [2.05, 4.69) is 64.0 Å². The molecule has 0 unspecified atom stereocenters. The van der Waals surface area contributed by atoms with E-state index in [4.69, 9.17) is 4.74 Å². The van der Waals surface area contributed by atoms with E-state index in [1.807, 2.05) is 6.20 Å². The fraction of sp³-hybridized carbons (Fsp3) is 0.706. The lowest BCUT2D eigenvalue weighted by Crippen LogP contribution is -2.35. The van der Waals surface area contributed by atoms with Crippen molar-refractivity contribution in [1.82, 2.24) is 10.3 Å². The molecule has 1 N–H and O–H groups in total. The first kappa shape index (κ1) is 17.1. The fourth-order valence-corrected chi connectivity index (χ4v) is 1.57. The Balaban J connectivity index is 2.32. The maximum atomic E-state index is 5.67. The Bertz CT molecular complexity index is 385. The van der Waals surface area contributed by atoms with E-state index in [1.54, 1.807) is 0 Å². The minimum Gasteiger partial charge on any atom is -0.375 e. The minimum absolute atomic E-state index is 0.134. The normalized spacial score (nSPS) is 12.7. The van der Waals surface area contributed by atoms with Crippen LogP contribution in [0.5, 0.6) is 0 Å². The van der Waals surface area contributed by atoms with Crippen molar-refractivity contribution >= 4 is 0 Å². The minimum atomic E-state index is 0.134. The highest BCUT2D eigenvalue weighted by atomic mass is 16.5. The average Bonchev–Trinajstić information content (AvgIpc) is 2.31. The van der Waals surface area contributed by atoms with Crippen molar-refractivity contribution in [3.8, 4) is 0 Å². The lowest BCUT2D eigenvalue weighted by Gasteiger charge is -2.20. The second-order valence-electron chi connectivity index (χ2n) is 7.62. The van der Waals surface area contributed by atoms with Crippen molar-refractivity contribution in [3.05, 3.63) is 29.6 Å². The van der Waals surface area contributed by atoms with Gasteiger partial charge in [0.05, 0.1) is 12.3 Å². The second-order valence-corrected chi connectivity index (χ2v) is 7.62. The van der Waals surface area contributed by atoms with Crippen molar-refractivity contribution in [3.63, 3.8) is 0 Å². The molecular formula is C17H30N2O. The third kappa shape index (κ3) is 8.28. The molecule has 0 aliphatic carbocycles. The molecule has 20 heavy (non-hydrogen) atoms. The van der Waals surface area contributed by atoms with Gasteiger partial charge in [0.1, 0.15) is 0 Å². The Labute approximate surface area is 124 Å². The maximum absolute atomic E-state index is 5.67. The molecule has 3 heteroatoms. The van der Waals surface area contributed by atoms with Gasteiger partial charge in [-0.25, -0.2) is 0 Å². The lowest BCUT2D eigenvalue weighted by molar-refractivity contribution is 0.0941. The van der Waals surface area contributed by atoms with Crippen molar-refractivity contribution in [1.29, 1.82) is 0 Å². The van der Waals surface area contributed by atoms with Crippen LogP contribution in [-0.4, -0.2) is 17.1 Å². The highest BCUT2D eigenvalue weighted by Gasteiger charge is 2.10. The number of nitrogens with one attached hydrogen (secondary N) is 1. The van der Waals surface area contributed by atoms with Crippen molar-refractivity contribution in [2.45, 2.75) is 66.7 Å². The van der Waals surface area contributed by atoms with Crippen LogP contribution in [0.4, 0.5) is 0 Å². The molecule has 0 aromatic carbocycles. The number of ether oxygens (including phenoxy) is 1. The zero-order valence-corrected chi connectivity index (χ0v) is 13.9. The molecular weight excluding hydrogens is 248 g/mol. The van der Waals surface area contributed by atoms with Gasteiger partial charge in [0, 0.05) is 24.9 Å². The summed E-state index contributed by atoms with van der Waals surface area (Å²) in [6.45, 7) is 15.4. The van der Waals surface area contributed by atoms with E-state index in [-0.39, 0.29) is 5.54 Å². The lowest BCUT2D eigenvalue weighted by atomic mass is 9.93. The van der Waals surface area contributed by atoms with Crippen LogP contribution in [0.2, 0.25) is 0 Å². The first-order chi connectivity index (χ1) is 9.16. The topological polar surface area (TPSA) is 34.1 Å². The molecule has 0 radical (unpaired) electrons. The smallest absolute Gasteiger partial charge is 0.0887 e. The summed E-state index contributed by atoms with van der Waals surface area (Å²) in [4.78, 5) is 4.45. The molecule has 0 fully saturated rings. The molecule has 0 saturated heterocycles. The van der Waals surface area contributed by atoms with Crippen molar-refractivity contribution in [2.24, 2.45) is 5.41 Å². The fourth-order valence-electron chi connectivity index (χ4n) is 1.57. The molecule has 0 atom stereocenters. The third-order valence-electron chi connectivity index (χ3n) is 2.96. The molecule has 1 rings (SSSR count). The molecule has 0 bridgehead atoms. The van der Waals surface area contributed by atoms with Gasteiger partial charge in [-0.1, -0.05) is 26.8 Å². The van der Waals surface area contributed by atoms with E-state index in [9.17, 15) is 0 Å². The zero-order valence-electron chi connectivity index (χ0n) is 13.9. The van der Waals surface area contributed by atoms with Crippen LogP contribution in [-0.2, 0) is 17.9 Å². The van der Waals surface area contributed by atoms with Gasteiger partial charge in [0.25, 0.3) is 0 Å². The van der Waals surface area contributed by atoms with Gasteiger partial charge in [-0.2, -0.15) is 0 Å². The Morgan fingerprint density at radius 1 is 1.10 bits per heavy atom. The van der Waals surface area contributed by atoms with Crippen molar-refractivity contribution in [2.75, 3.05) is 6.61 Å². The Morgan fingerprint density at radius 3 is 2.30 bits per heavy atom. The highest BCUT2D eigenvalue weighted by molar-refractivity contribution is 5.13. The Morgan fingerprint density at radius 2 is 1.80 bits per heavy atom. The first-order valence-corrected chi connectivity index (χ1v) is 7.42. The van der Waals surface area contributed by atoms with E-state index >= 15 is 0 Å². The van der Waals surface area contributed by atoms with Gasteiger partial charge in [-0.05, 0) is 44.2 Å². The van der Waals surface area contributed by atoms with Crippen LogP contribution in [0.1, 0.15) is 59.2 Å². The summed E-state index contributed by atoms with van der Waals surface area (Å²) in [5, 5.41) is 3.46. The quantitative estimate of drug-likeness (QED) is 0.801. The van der Waals surface area contributed by atoms with Gasteiger partial charge < -0.3 is 10.1 Å². The Kier molecular flexibility index (Phi) is 6.15. The van der Waals surface area contributed by atoms with Crippen LogP contribution in [0.3, 0.4) is 0 Å². The van der Waals surface area contributed by atoms with E-state index < -0.39 is 0 Å². The standard InChI is InChI=1S/C17H30N2O/c1-16(2,3)9-10-20-13-15-8-7-14(11-18-15)12-19-17(4,5)6/h7-8,11,19H,9-10,12-13H2,1-6H3. The number of rotatable bonds is 6. The largest absolute Gasteiger partial charge is 0.375 e. The predicted molar refractivity (Wildman–Crippen MR) is 84.6 cm³/mol. The second kappa shape index (κ2) is 7.19. The third-order valence-corrected chi connectivity index (χ3v) is 2.96. The summed E-state index contributed by atoms with van der Waals surface area (Å²) < 4.78 is 5.67. The molecule has 0 spiro atoms. The van der Waals surface area contributed by atoms with Gasteiger partial charge >= 0.3 is 0 Å². The zero-order chi connectivity index (χ0) is 15.2. The summed E-state index contributed by atoms with van der Waals surface area (Å²) >= 11 is 0. The summed E-state index contributed by atoms with van der Waals surface area (Å²) in [6, 6.07) is 4.17. The van der Waals surface area contributed by atoms with Crippen LogP contribution < -0.4 is 5.32 Å². The van der Waals surface area contributed by atoms with E-state index in [0.29, 0.717) is 12.0 Å². The van der Waals surface area contributed by atoms with Crippen LogP contribution in [0.25, 0.3) is 0 Å². The molecule has 1 aromatic heterocycles. The molecule has 0 aliphatic heterocycles. The molecule has 0 amide bonds. The Hall–Kier alpha value is -0.930. The summed E-state index contributed by atoms with van der Waals surface area (Å²) in [5.41, 5.74) is 2.67. The number of hydrogen-bond donors (Lipinski definition) is 1. The van der Waals surface area contributed by atoms with E-state index in [0.717, 1.165) is 25.3 Å². The maximum Gasteiger partial charge on any atom is 0.0887 e. The molecule has 0 aliphatic rings.